The number of rotatable bonds is 5. The summed E-state index contributed by atoms with van der Waals surface area (Å²) >= 11 is 3.17. The monoisotopic (exact) mass is 399 g/mol. The zero-order valence-corrected chi connectivity index (χ0v) is 14.8. The van der Waals surface area contributed by atoms with Crippen LogP contribution in [-0.2, 0) is 4.79 Å². The fourth-order valence-corrected chi connectivity index (χ4v) is 2.63. The van der Waals surface area contributed by atoms with Crippen molar-refractivity contribution in [2.75, 3.05) is 11.9 Å². The number of hydrogen-bond acceptors (Lipinski definition) is 2. The van der Waals surface area contributed by atoms with Crippen LogP contribution in [0.2, 0.25) is 0 Å². The highest BCUT2D eigenvalue weighted by atomic mass is 79.9. The highest BCUT2D eigenvalue weighted by molar-refractivity contribution is 9.10. The minimum Gasteiger partial charge on any atom is -0.484 e. The first-order valence-electron chi connectivity index (χ1n) is 7.65. The molecule has 3 nitrogen and oxygen atoms in total. The number of halogens is 2. The number of benzene rings is 3. The summed E-state index contributed by atoms with van der Waals surface area (Å²) in [5.74, 6) is -0.352. The Balaban J connectivity index is 1.57. The summed E-state index contributed by atoms with van der Waals surface area (Å²) in [5.41, 5.74) is 2.29. The van der Waals surface area contributed by atoms with Gasteiger partial charge < -0.3 is 10.1 Å². The van der Waals surface area contributed by atoms with Crippen LogP contribution >= 0.6 is 15.9 Å². The normalized spacial score (nSPS) is 10.3. The van der Waals surface area contributed by atoms with Crippen LogP contribution in [0.4, 0.5) is 10.1 Å². The van der Waals surface area contributed by atoms with Gasteiger partial charge in [0, 0.05) is 4.47 Å². The average molecular weight is 400 g/mol. The molecule has 1 N–H and O–H groups in total. The minimum absolute atomic E-state index is 0.122. The van der Waals surface area contributed by atoms with E-state index in [1.807, 2.05) is 42.5 Å². The third kappa shape index (κ3) is 4.67. The molecule has 0 unspecified atom stereocenters. The first-order chi connectivity index (χ1) is 12.1. The van der Waals surface area contributed by atoms with E-state index in [2.05, 4.69) is 21.2 Å². The van der Waals surface area contributed by atoms with E-state index in [4.69, 9.17) is 4.74 Å². The lowest BCUT2D eigenvalue weighted by molar-refractivity contribution is -0.118. The Morgan fingerprint density at radius 3 is 2.32 bits per heavy atom. The topological polar surface area (TPSA) is 38.3 Å². The van der Waals surface area contributed by atoms with Crippen LogP contribution in [0.3, 0.4) is 0 Å². The predicted octanol–water partition coefficient (Wildman–Crippen LogP) is 5.27. The van der Waals surface area contributed by atoms with Crippen LogP contribution < -0.4 is 10.1 Å². The summed E-state index contributed by atoms with van der Waals surface area (Å²) < 4.78 is 19.8. The fourth-order valence-electron chi connectivity index (χ4n) is 2.30. The van der Waals surface area contributed by atoms with Crippen molar-refractivity contribution in [3.8, 4) is 16.9 Å². The van der Waals surface area contributed by atoms with Crippen molar-refractivity contribution >= 4 is 27.5 Å². The van der Waals surface area contributed by atoms with E-state index in [1.54, 1.807) is 18.2 Å². The maximum atomic E-state index is 13.7. The Hall–Kier alpha value is -2.66. The molecule has 0 bridgehead atoms. The minimum atomic E-state index is -0.505. The van der Waals surface area contributed by atoms with Crippen molar-refractivity contribution in [2.45, 2.75) is 0 Å². The molecule has 0 saturated carbocycles. The summed E-state index contributed by atoms with van der Waals surface area (Å²) in [4.78, 5) is 11.9. The molecule has 0 fully saturated rings. The van der Waals surface area contributed by atoms with Crippen molar-refractivity contribution in [1.82, 2.24) is 0 Å². The lowest BCUT2D eigenvalue weighted by Crippen LogP contribution is -2.20. The molecule has 0 saturated heterocycles. The molecule has 3 aromatic rings. The SMILES string of the molecule is O=C(COc1ccc(-c2ccccc2)cc1)Nc1ccc(Br)cc1F. The van der Waals surface area contributed by atoms with E-state index in [1.165, 1.54) is 12.1 Å². The molecule has 3 aromatic carbocycles. The summed E-state index contributed by atoms with van der Waals surface area (Å²) in [6.45, 7) is -0.194. The molecule has 0 aromatic heterocycles. The smallest absolute Gasteiger partial charge is 0.262 e. The van der Waals surface area contributed by atoms with Crippen LogP contribution in [0.1, 0.15) is 0 Å². The Bertz CT molecular complexity index is 867. The lowest BCUT2D eigenvalue weighted by atomic mass is 10.1. The first kappa shape index (κ1) is 17.2. The van der Waals surface area contributed by atoms with Crippen LogP contribution in [-0.4, -0.2) is 12.5 Å². The average Bonchev–Trinajstić information content (AvgIpc) is 2.63. The summed E-state index contributed by atoms with van der Waals surface area (Å²) in [7, 11) is 0. The van der Waals surface area contributed by atoms with E-state index in [-0.39, 0.29) is 12.3 Å². The number of carbonyl (C=O) groups is 1. The summed E-state index contributed by atoms with van der Waals surface area (Å²) in [6, 6.07) is 21.9. The Morgan fingerprint density at radius 1 is 0.960 bits per heavy atom. The maximum absolute atomic E-state index is 13.7. The molecule has 0 aliphatic heterocycles. The standard InChI is InChI=1S/C20H15BrFNO2/c21-16-8-11-19(18(22)12-16)23-20(24)13-25-17-9-6-15(7-10-17)14-4-2-1-3-5-14/h1-12H,13H2,(H,23,24). The van der Waals surface area contributed by atoms with Crippen LogP contribution in [0.15, 0.2) is 77.3 Å². The second-order valence-corrected chi connectivity index (χ2v) is 6.27. The number of hydrogen-bond donors (Lipinski definition) is 1. The van der Waals surface area contributed by atoms with E-state index in [9.17, 15) is 9.18 Å². The second-order valence-electron chi connectivity index (χ2n) is 5.35. The number of amides is 1. The third-order valence-electron chi connectivity index (χ3n) is 3.54. The summed E-state index contributed by atoms with van der Waals surface area (Å²) in [6.07, 6.45) is 0. The van der Waals surface area contributed by atoms with Gasteiger partial charge in [0.2, 0.25) is 0 Å². The van der Waals surface area contributed by atoms with Gasteiger partial charge in [-0.25, -0.2) is 4.39 Å². The van der Waals surface area contributed by atoms with Crippen molar-refractivity contribution in [2.24, 2.45) is 0 Å². The van der Waals surface area contributed by atoms with Gasteiger partial charge in [-0.15, -0.1) is 0 Å². The van der Waals surface area contributed by atoms with Gasteiger partial charge in [-0.05, 0) is 41.5 Å². The molecule has 25 heavy (non-hydrogen) atoms. The molecule has 1 amide bonds. The maximum Gasteiger partial charge on any atom is 0.262 e. The van der Waals surface area contributed by atoms with Crippen molar-refractivity contribution in [3.63, 3.8) is 0 Å². The van der Waals surface area contributed by atoms with Gasteiger partial charge in [0.05, 0.1) is 5.69 Å². The molecular formula is C20H15BrFNO2. The van der Waals surface area contributed by atoms with Crippen molar-refractivity contribution in [3.05, 3.63) is 83.1 Å². The molecule has 3 rings (SSSR count). The van der Waals surface area contributed by atoms with Gasteiger partial charge in [-0.1, -0.05) is 58.4 Å². The van der Waals surface area contributed by atoms with Crippen molar-refractivity contribution < 1.29 is 13.9 Å². The zero-order chi connectivity index (χ0) is 17.6. The summed E-state index contributed by atoms with van der Waals surface area (Å²) in [5, 5.41) is 2.49. The predicted molar refractivity (Wildman–Crippen MR) is 100 cm³/mol. The highest BCUT2D eigenvalue weighted by Crippen LogP contribution is 2.22. The largest absolute Gasteiger partial charge is 0.484 e. The quantitative estimate of drug-likeness (QED) is 0.634. The lowest BCUT2D eigenvalue weighted by Gasteiger charge is -2.09. The van der Waals surface area contributed by atoms with Crippen molar-refractivity contribution in [1.29, 1.82) is 0 Å². The molecule has 5 heteroatoms. The van der Waals surface area contributed by atoms with Gasteiger partial charge in [0.15, 0.2) is 6.61 Å². The van der Waals surface area contributed by atoms with Gasteiger partial charge in [0.25, 0.3) is 5.91 Å². The molecule has 0 aliphatic rings. The van der Waals surface area contributed by atoms with Crippen LogP contribution in [0.25, 0.3) is 11.1 Å². The van der Waals surface area contributed by atoms with E-state index < -0.39 is 11.7 Å². The third-order valence-corrected chi connectivity index (χ3v) is 4.03. The second kappa shape index (κ2) is 7.94. The Kier molecular flexibility index (Phi) is 5.46. The Labute approximate surface area is 153 Å². The van der Waals surface area contributed by atoms with Gasteiger partial charge in [-0.2, -0.15) is 0 Å². The van der Waals surface area contributed by atoms with E-state index >= 15 is 0 Å². The first-order valence-corrected chi connectivity index (χ1v) is 8.44. The Morgan fingerprint density at radius 2 is 1.64 bits per heavy atom. The fraction of sp³-hybridized carbons (Fsp3) is 0.0500. The molecule has 0 radical (unpaired) electrons. The van der Waals surface area contributed by atoms with Gasteiger partial charge in [-0.3, -0.25) is 4.79 Å². The number of ether oxygens (including phenoxy) is 1. The number of carbonyl (C=O) groups excluding carboxylic acids is 1. The van der Waals surface area contributed by atoms with E-state index in [0.29, 0.717) is 10.2 Å². The molecule has 0 aliphatic carbocycles. The van der Waals surface area contributed by atoms with Gasteiger partial charge >= 0.3 is 0 Å². The molecule has 0 heterocycles. The zero-order valence-electron chi connectivity index (χ0n) is 13.2. The molecule has 126 valence electrons. The highest BCUT2D eigenvalue weighted by Gasteiger charge is 2.08. The van der Waals surface area contributed by atoms with Crippen LogP contribution in [0.5, 0.6) is 5.75 Å². The molecule has 0 spiro atoms. The molecule has 0 atom stereocenters. The van der Waals surface area contributed by atoms with Crippen LogP contribution in [0, 0.1) is 5.82 Å². The van der Waals surface area contributed by atoms with Gasteiger partial charge in [0.1, 0.15) is 11.6 Å². The number of anilines is 1. The number of nitrogens with one attached hydrogen (secondary N) is 1. The van der Waals surface area contributed by atoms with E-state index in [0.717, 1.165) is 11.1 Å². The molecular weight excluding hydrogens is 385 g/mol.